The summed E-state index contributed by atoms with van der Waals surface area (Å²) in [5.74, 6) is 0.811. The smallest absolute Gasteiger partial charge is 0.408 e. The zero-order valence-corrected chi connectivity index (χ0v) is 32.0. The molecule has 4 rings (SSSR count). The highest BCUT2D eigenvalue weighted by atomic mass is 35.5. The van der Waals surface area contributed by atoms with Gasteiger partial charge in [-0.25, -0.2) is 13.7 Å². The first kappa shape index (κ1) is 39.8. The molecule has 0 saturated carbocycles. The highest BCUT2D eigenvalue weighted by molar-refractivity contribution is 7.83. The van der Waals surface area contributed by atoms with Gasteiger partial charge in [-0.3, -0.25) is 4.90 Å². The maximum atomic E-state index is 13.1. The molecule has 2 N–H and O–H groups in total. The second kappa shape index (κ2) is 19.0. The third-order valence-corrected chi connectivity index (χ3v) is 11.1. The van der Waals surface area contributed by atoms with Crippen molar-refractivity contribution in [1.29, 1.82) is 0 Å². The van der Waals surface area contributed by atoms with Gasteiger partial charge in [-0.1, -0.05) is 44.0 Å². The van der Waals surface area contributed by atoms with E-state index in [1.807, 2.05) is 62.2 Å². The highest BCUT2D eigenvalue weighted by Gasteiger charge is 2.30. The van der Waals surface area contributed by atoms with Gasteiger partial charge in [-0.2, -0.15) is 0 Å². The zero-order valence-electron chi connectivity index (χ0n) is 30.4. The molecule has 1 saturated heterocycles. The normalized spacial score (nSPS) is 19.8. The highest BCUT2D eigenvalue weighted by Crippen LogP contribution is 2.38. The first-order chi connectivity index (χ1) is 24.0. The molecule has 50 heavy (non-hydrogen) atoms. The number of carbonyl (C=O) groups excluding carboxylic acids is 2. The summed E-state index contributed by atoms with van der Waals surface area (Å²) >= 11 is 6.44. The van der Waals surface area contributed by atoms with E-state index in [4.69, 9.17) is 25.8 Å². The van der Waals surface area contributed by atoms with Gasteiger partial charge in [0.2, 0.25) is 0 Å². The summed E-state index contributed by atoms with van der Waals surface area (Å²) in [6.07, 6.45) is 8.07. The van der Waals surface area contributed by atoms with Crippen LogP contribution in [0.3, 0.4) is 0 Å². The standard InChI is InChI=1S/C38H55ClN4O6S/c1-7-10-28-21-30(39)12-14-33(28)29-23-43(34-22-32(50(46)40-5)13-15-36(34)48-24-29)19-16-27(8-2)35(11-9-18-42(6)38(3,4)26-44)49-37(45)41-31-17-20-47-25-31/h9,11-15,21-22,26-27,29,31,35,40H,7-8,10,16-20,23-25H2,1-6H3,(H,41,45)/b11-9+. The Balaban J connectivity index is 1.62. The molecule has 2 aromatic carbocycles. The minimum Gasteiger partial charge on any atom is -0.491 e. The lowest BCUT2D eigenvalue weighted by Gasteiger charge is -2.31. The van der Waals surface area contributed by atoms with E-state index < -0.39 is 28.7 Å². The Bertz CT molecular complexity index is 1480. The Morgan fingerprint density at radius 2 is 2.02 bits per heavy atom. The summed E-state index contributed by atoms with van der Waals surface area (Å²) in [7, 11) is 2.21. The van der Waals surface area contributed by atoms with Crippen LogP contribution in [0, 0.1) is 5.92 Å². The number of ether oxygens (including phenoxy) is 3. The number of nitrogens with one attached hydrogen (secondary N) is 2. The van der Waals surface area contributed by atoms with E-state index in [0.717, 1.165) is 54.8 Å². The van der Waals surface area contributed by atoms with Crippen LogP contribution in [0.25, 0.3) is 0 Å². The number of hydrogen-bond donors (Lipinski definition) is 2. The fraction of sp³-hybridized carbons (Fsp3) is 0.579. The van der Waals surface area contributed by atoms with Crippen LogP contribution >= 0.6 is 11.6 Å². The van der Waals surface area contributed by atoms with E-state index in [-0.39, 0.29) is 17.9 Å². The third-order valence-electron chi connectivity index (χ3n) is 9.85. The maximum Gasteiger partial charge on any atom is 0.408 e. The molecule has 0 bridgehead atoms. The molecule has 0 aromatic heterocycles. The molecule has 5 unspecified atom stereocenters. The summed E-state index contributed by atoms with van der Waals surface area (Å²) in [5, 5.41) is 3.69. The first-order valence-corrected chi connectivity index (χ1v) is 19.3. The number of aryl methyl sites for hydroxylation is 1. The van der Waals surface area contributed by atoms with E-state index in [0.29, 0.717) is 44.4 Å². The molecule has 10 nitrogen and oxygen atoms in total. The summed E-state index contributed by atoms with van der Waals surface area (Å²) < 4.78 is 33.7. The number of halogens is 1. The number of fused-ring (bicyclic) bond motifs is 1. The van der Waals surface area contributed by atoms with Crippen LogP contribution < -0.4 is 19.7 Å². The monoisotopic (exact) mass is 730 g/mol. The summed E-state index contributed by atoms with van der Waals surface area (Å²) in [5.41, 5.74) is 2.71. The van der Waals surface area contributed by atoms with Gasteiger partial charge in [0, 0.05) is 43.1 Å². The van der Waals surface area contributed by atoms with Crippen molar-refractivity contribution in [1.82, 2.24) is 14.9 Å². The lowest BCUT2D eigenvalue weighted by atomic mass is 9.91. The molecular formula is C38H55ClN4O6S. The number of alkyl carbamates (subject to hydrolysis) is 1. The minimum absolute atomic E-state index is 0.00639. The number of anilines is 1. The maximum absolute atomic E-state index is 13.1. The number of benzene rings is 2. The predicted octanol–water partition coefficient (Wildman–Crippen LogP) is 6.28. The van der Waals surface area contributed by atoms with Gasteiger partial charge in [0.1, 0.15) is 29.1 Å². The van der Waals surface area contributed by atoms with Gasteiger partial charge >= 0.3 is 6.09 Å². The van der Waals surface area contributed by atoms with Gasteiger partial charge in [0.15, 0.2) is 0 Å². The average Bonchev–Trinajstić information content (AvgIpc) is 3.55. The molecule has 2 aliphatic rings. The fourth-order valence-corrected chi connectivity index (χ4v) is 7.27. The molecule has 2 aromatic rings. The van der Waals surface area contributed by atoms with E-state index in [1.165, 1.54) is 11.1 Å². The molecule has 0 spiro atoms. The Labute approximate surface area is 305 Å². The van der Waals surface area contributed by atoms with Crippen molar-refractivity contribution in [3.8, 4) is 5.75 Å². The Kier molecular flexibility index (Phi) is 15.2. The Morgan fingerprint density at radius 3 is 2.70 bits per heavy atom. The Morgan fingerprint density at radius 1 is 1.22 bits per heavy atom. The third kappa shape index (κ3) is 10.8. The average molecular weight is 731 g/mol. The number of amides is 1. The second-order valence-electron chi connectivity index (χ2n) is 13.8. The van der Waals surface area contributed by atoms with Gasteiger partial charge in [0.05, 0.1) is 35.4 Å². The van der Waals surface area contributed by atoms with Crippen LogP contribution in [-0.2, 0) is 31.7 Å². The lowest BCUT2D eigenvalue weighted by molar-refractivity contribution is -0.115. The van der Waals surface area contributed by atoms with Crippen molar-refractivity contribution >= 4 is 40.7 Å². The summed E-state index contributed by atoms with van der Waals surface area (Å²) in [6.45, 7) is 11.5. The van der Waals surface area contributed by atoms with Crippen molar-refractivity contribution in [2.75, 3.05) is 58.5 Å². The fourth-order valence-electron chi connectivity index (χ4n) is 6.43. The first-order valence-electron chi connectivity index (χ1n) is 17.8. The van der Waals surface area contributed by atoms with Crippen LogP contribution in [0.5, 0.6) is 5.75 Å². The van der Waals surface area contributed by atoms with Crippen LogP contribution in [0.2, 0.25) is 5.02 Å². The minimum atomic E-state index is -1.36. The molecule has 276 valence electrons. The van der Waals surface area contributed by atoms with Crippen molar-refractivity contribution in [2.24, 2.45) is 5.92 Å². The van der Waals surface area contributed by atoms with Crippen molar-refractivity contribution < 1.29 is 28.0 Å². The van der Waals surface area contributed by atoms with Gasteiger partial charge < -0.3 is 29.2 Å². The molecule has 0 radical (unpaired) electrons. The Hall–Kier alpha value is -2.96. The number of rotatable bonds is 17. The van der Waals surface area contributed by atoms with Crippen LogP contribution in [0.15, 0.2) is 53.4 Å². The number of likely N-dealkylation sites (N-methyl/N-ethyl adjacent to an activating group) is 1. The molecule has 2 aliphatic heterocycles. The molecule has 0 aliphatic carbocycles. The van der Waals surface area contributed by atoms with E-state index in [9.17, 15) is 13.8 Å². The molecule has 1 fully saturated rings. The second-order valence-corrected chi connectivity index (χ2v) is 15.6. The molecule has 5 atom stereocenters. The largest absolute Gasteiger partial charge is 0.491 e. The van der Waals surface area contributed by atoms with Crippen LogP contribution in [0.4, 0.5) is 10.5 Å². The number of aldehydes is 1. The predicted molar refractivity (Wildman–Crippen MR) is 201 cm³/mol. The number of nitrogens with zero attached hydrogens (tertiary/aromatic N) is 2. The van der Waals surface area contributed by atoms with Crippen molar-refractivity contribution in [3.63, 3.8) is 0 Å². The summed E-state index contributed by atoms with van der Waals surface area (Å²) in [4.78, 5) is 29.7. The van der Waals surface area contributed by atoms with E-state index >= 15 is 0 Å². The number of hydrogen-bond acceptors (Lipinski definition) is 8. The topological polar surface area (TPSA) is 109 Å². The van der Waals surface area contributed by atoms with Gasteiger partial charge in [0.25, 0.3) is 0 Å². The molecule has 12 heteroatoms. The summed E-state index contributed by atoms with van der Waals surface area (Å²) in [6, 6.07) is 11.8. The van der Waals surface area contributed by atoms with Crippen molar-refractivity contribution in [3.05, 3.63) is 64.7 Å². The van der Waals surface area contributed by atoms with Crippen molar-refractivity contribution in [2.45, 2.75) is 88.3 Å². The molecular weight excluding hydrogens is 676 g/mol. The molecule has 2 heterocycles. The van der Waals surface area contributed by atoms with Gasteiger partial charge in [-0.15, -0.1) is 0 Å². The quantitative estimate of drug-likeness (QED) is 0.145. The lowest BCUT2D eigenvalue weighted by Crippen LogP contribution is -2.42. The van der Waals surface area contributed by atoms with Crippen LogP contribution in [0.1, 0.15) is 70.4 Å². The SMILES string of the molecule is CCCc1cc(Cl)ccc1C1COc2ccc(S(=O)NC)cc2N(CCC(CC)C(/C=C/CN(C)C(C)(C)C=O)OC(=O)NC2CCOC2)C1. The van der Waals surface area contributed by atoms with E-state index in [1.54, 1.807) is 7.05 Å². The van der Waals surface area contributed by atoms with Gasteiger partial charge in [-0.05, 0) is 101 Å². The zero-order chi connectivity index (χ0) is 36.3. The van der Waals surface area contributed by atoms with Crippen LogP contribution in [-0.4, -0.2) is 92.7 Å². The molecule has 1 amide bonds. The van der Waals surface area contributed by atoms with E-state index in [2.05, 4.69) is 40.9 Å². The number of carbonyl (C=O) groups is 2.